The van der Waals surface area contributed by atoms with Crippen LogP contribution in [0.25, 0.3) is 0 Å². The van der Waals surface area contributed by atoms with E-state index in [1.807, 2.05) is 0 Å². The van der Waals surface area contributed by atoms with E-state index in [2.05, 4.69) is 26.4 Å². The van der Waals surface area contributed by atoms with Gasteiger partial charge in [-0.05, 0) is 49.8 Å². The predicted molar refractivity (Wildman–Crippen MR) is 77.4 cm³/mol. The molecule has 90 valence electrons. The minimum absolute atomic E-state index is 0.00507. The molecule has 0 nitrogen and oxygen atoms in total. The standard InChI is InChI=1S/C14H22BrP/c15-11-12-16(13-7-3-1-4-8-13)14-9-5-2-6-10-14/h13-14H,1-10H2. The molecule has 2 rings (SSSR count). The molecular formula is C14H22BrP. The van der Waals surface area contributed by atoms with Crippen LogP contribution in [-0.4, -0.2) is 11.3 Å². The lowest BCUT2D eigenvalue weighted by atomic mass is 9.99. The normalized spacial score (nSPS) is 24.1. The first kappa shape index (κ1) is 12.9. The van der Waals surface area contributed by atoms with Gasteiger partial charge in [0.25, 0.3) is 0 Å². The Hall–Kier alpha value is 0.470. The Morgan fingerprint density at radius 3 is 1.56 bits per heavy atom. The minimum atomic E-state index is -0.00507. The second-order valence-corrected chi connectivity index (χ2v) is 8.09. The van der Waals surface area contributed by atoms with E-state index >= 15 is 0 Å². The average Bonchev–Trinajstić information content (AvgIpc) is 2.38. The predicted octanol–water partition coefficient (Wildman–Crippen LogP) is 5.45. The van der Waals surface area contributed by atoms with Gasteiger partial charge in [0.15, 0.2) is 0 Å². The Labute approximate surface area is 110 Å². The van der Waals surface area contributed by atoms with Crippen LogP contribution < -0.4 is 0 Å². The van der Waals surface area contributed by atoms with Crippen LogP contribution in [0.5, 0.6) is 0 Å². The monoisotopic (exact) mass is 300 g/mol. The van der Waals surface area contributed by atoms with E-state index in [1.54, 1.807) is 0 Å². The third kappa shape index (κ3) is 3.48. The fourth-order valence-corrected chi connectivity index (χ4v) is 6.76. The van der Waals surface area contributed by atoms with Crippen molar-refractivity contribution in [3.05, 3.63) is 0 Å². The Kier molecular flexibility index (Phi) is 5.67. The molecule has 0 atom stereocenters. The molecule has 0 amide bonds. The third-order valence-corrected chi connectivity index (χ3v) is 7.59. The molecule has 0 N–H and O–H groups in total. The fraction of sp³-hybridized carbons (Fsp3) is 0.857. The molecule has 0 bridgehead atoms. The summed E-state index contributed by atoms with van der Waals surface area (Å²) >= 11 is 3.34. The van der Waals surface area contributed by atoms with Crippen molar-refractivity contribution in [2.45, 2.75) is 75.5 Å². The molecule has 2 aliphatic carbocycles. The van der Waals surface area contributed by atoms with Crippen molar-refractivity contribution in [1.82, 2.24) is 0 Å². The van der Waals surface area contributed by atoms with Gasteiger partial charge in [0, 0.05) is 15.9 Å². The molecule has 0 saturated heterocycles. The third-order valence-electron chi connectivity index (χ3n) is 4.11. The van der Waals surface area contributed by atoms with Crippen molar-refractivity contribution in [2.75, 3.05) is 0 Å². The van der Waals surface area contributed by atoms with Gasteiger partial charge < -0.3 is 0 Å². The Morgan fingerprint density at radius 2 is 1.19 bits per heavy atom. The zero-order chi connectivity index (χ0) is 11.2. The average molecular weight is 301 g/mol. The van der Waals surface area contributed by atoms with E-state index in [1.165, 1.54) is 64.2 Å². The van der Waals surface area contributed by atoms with Crippen molar-refractivity contribution in [2.24, 2.45) is 0 Å². The number of halogens is 1. The highest BCUT2D eigenvalue weighted by atomic mass is 79.9. The summed E-state index contributed by atoms with van der Waals surface area (Å²) in [7, 11) is -0.00507. The Morgan fingerprint density at radius 1 is 0.750 bits per heavy atom. The van der Waals surface area contributed by atoms with Gasteiger partial charge in [0.05, 0.1) is 0 Å². The summed E-state index contributed by atoms with van der Waals surface area (Å²) in [4.78, 5) is 3.05. The van der Waals surface area contributed by atoms with E-state index in [-0.39, 0.29) is 7.92 Å². The first-order valence-corrected chi connectivity index (χ1v) is 9.08. The lowest BCUT2D eigenvalue weighted by molar-refractivity contribution is 0.487. The maximum absolute atomic E-state index is 3.55. The van der Waals surface area contributed by atoms with E-state index < -0.39 is 0 Å². The van der Waals surface area contributed by atoms with Gasteiger partial charge in [-0.15, -0.1) is 0 Å². The molecule has 0 aromatic rings. The van der Waals surface area contributed by atoms with Crippen LogP contribution in [0.15, 0.2) is 0 Å². The molecule has 0 heterocycles. The zero-order valence-electron chi connectivity index (χ0n) is 10.1. The summed E-state index contributed by atoms with van der Waals surface area (Å²) < 4.78 is 0. The van der Waals surface area contributed by atoms with Crippen LogP contribution >= 0.6 is 23.9 Å². The maximum Gasteiger partial charge on any atom is 0.0109 e. The molecule has 2 aliphatic rings. The first-order valence-electron chi connectivity index (χ1n) is 6.81. The van der Waals surface area contributed by atoms with Crippen LogP contribution in [0.4, 0.5) is 0 Å². The van der Waals surface area contributed by atoms with Crippen molar-refractivity contribution in [3.63, 3.8) is 0 Å². The van der Waals surface area contributed by atoms with Gasteiger partial charge in [-0.3, -0.25) is 0 Å². The van der Waals surface area contributed by atoms with Gasteiger partial charge >= 0.3 is 0 Å². The molecule has 0 aromatic carbocycles. The van der Waals surface area contributed by atoms with Gasteiger partial charge in [-0.2, -0.15) is 0 Å². The summed E-state index contributed by atoms with van der Waals surface area (Å²) in [5, 5.41) is 0. The molecule has 0 spiro atoms. The van der Waals surface area contributed by atoms with Crippen LogP contribution in [0, 0.1) is 10.5 Å². The lowest BCUT2D eigenvalue weighted by Crippen LogP contribution is -2.19. The molecule has 2 fully saturated rings. The summed E-state index contributed by atoms with van der Waals surface area (Å²) in [5.41, 5.74) is 5.49. The number of hydrogen-bond donors (Lipinski definition) is 0. The van der Waals surface area contributed by atoms with Gasteiger partial charge in [0.2, 0.25) is 0 Å². The molecular weight excluding hydrogens is 279 g/mol. The van der Waals surface area contributed by atoms with E-state index in [0.29, 0.717) is 0 Å². The van der Waals surface area contributed by atoms with Crippen LogP contribution in [-0.2, 0) is 0 Å². The summed E-state index contributed by atoms with van der Waals surface area (Å²) in [6, 6.07) is 0. The number of rotatable bonds is 2. The molecule has 16 heavy (non-hydrogen) atoms. The minimum Gasteiger partial charge on any atom is -0.0636 e. The number of hydrogen-bond acceptors (Lipinski definition) is 0. The van der Waals surface area contributed by atoms with Crippen molar-refractivity contribution in [1.29, 1.82) is 0 Å². The highest BCUT2D eigenvalue weighted by molar-refractivity contribution is 9.12. The van der Waals surface area contributed by atoms with Crippen LogP contribution in [0.2, 0.25) is 0 Å². The molecule has 2 heteroatoms. The summed E-state index contributed by atoms with van der Waals surface area (Å²) in [6.07, 6.45) is 14.6. The van der Waals surface area contributed by atoms with Gasteiger partial charge in [-0.25, -0.2) is 0 Å². The van der Waals surface area contributed by atoms with Gasteiger partial charge in [-0.1, -0.05) is 44.2 Å². The molecule has 2 saturated carbocycles. The fourth-order valence-electron chi connectivity index (χ4n) is 3.25. The SMILES string of the molecule is BrC#CP(C1CCCCC1)C1CCCCC1. The smallest absolute Gasteiger partial charge is 0.0109 e. The molecule has 0 aliphatic heterocycles. The second-order valence-electron chi connectivity index (χ2n) is 5.20. The topological polar surface area (TPSA) is 0 Å². The zero-order valence-corrected chi connectivity index (χ0v) is 12.5. The molecule has 0 radical (unpaired) electrons. The van der Waals surface area contributed by atoms with E-state index in [4.69, 9.17) is 0 Å². The first-order chi connectivity index (χ1) is 7.92. The Bertz CT molecular complexity index is 236. The Balaban J connectivity index is 1.98. The maximum atomic E-state index is 3.55. The van der Waals surface area contributed by atoms with Gasteiger partial charge in [0.1, 0.15) is 0 Å². The lowest BCUT2D eigenvalue weighted by Gasteiger charge is -2.34. The van der Waals surface area contributed by atoms with Crippen molar-refractivity contribution in [3.8, 4) is 10.5 Å². The summed E-state index contributed by atoms with van der Waals surface area (Å²) in [6.45, 7) is 0. The second kappa shape index (κ2) is 7.03. The highest BCUT2D eigenvalue weighted by Gasteiger charge is 2.29. The van der Waals surface area contributed by atoms with E-state index in [0.717, 1.165) is 11.3 Å². The van der Waals surface area contributed by atoms with E-state index in [9.17, 15) is 0 Å². The van der Waals surface area contributed by atoms with Crippen LogP contribution in [0.1, 0.15) is 64.2 Å². The van der Waals surface area contributed by atoms with Crippen molar-refractivity contribution >= 4 is 23.9 Å². The van der Waals surface area contributed by atoms with Crippen molar-refractivity contribution < 1.29 is 0 Å². The van der Waals surface area contributed by atoms with Crippen LogP contribution in [0.3, 0.4) is 0 Å². The quantitative estimate of drug-likeness (QED) is 0.470. The molecule has 0 unspecified atom stereocenters. The molecule has 0 aromatic heterocycles. The largest absolute Gasteiger partial charge is 0.0636 e. The summed E-state index contributed by atoms with van der Waals surface area (Å²) in [5.74, 6) is 0. The highest BCUT2D eigenvalue weighted by Crippen LogP contribution is 2.54.